The summed E-state index contributed by atoms with van der Waals surface area (Å²) in [5, 5.41) is 5.47. The van der Waals surface area contributed by atoms with Crippen molar-refractivity contribution in [2.24, 2.45) is 0 Å². The van der Waals surface area contributed by atoms with Crippen molar-refractivity contribution >= 4 is 29.3 Å². The van der Waals surface area contributed by atoms with E-state index in [1.807, 2.05) is 17.0 Å². The van der Waals surface area contributed by atoms with Gasteiger partial charge >= 0.3 is 0 Å². The number of aromatic nitrogens is 2. The third kappa shape index (κ3) is 3.96. The number of anilines is 3. The van der Waals surface area contributed by atoms with Gasteiger partial charge < -0.3 is 25.0 Å². The van der Waals surface area contributed by atoms with Gasteiger partial charge in [-0.15, -0.1) is 0 Å². The van der Waals surface area contributed by atoms with Crippen LogP contribution in [0.1, 0.15) is 29.0 Å². The van der Waals surface area contributed by atoms with Crippen LogP contribution in [0.4, 0.5) is 17.5 Å². The fourth-order valence-electron chi connectivity index (χ4n) is 4.76. The molecule has 4 heterocycles. The maximum Gasteiger partial charge on any atom is 0.258 e. The Labute approximate surface area is 200 Å². The summed E-state index contributed by atoms with van der Waals surface area (Å²) in [6.45, 7) is 2.17. The van der Waals surface area contributed by atoms with Crippen molar-refractivity contribution in [3.63, 3.8) is 0 Å². The zero-order chi connectivity index (χ0) is 23.9. The minimum absolute atomic E-state index is 0.126. The highest BCUT2D eigenvalue weighted by Crippen LogP contribution is 2.34. The van der Waals surface area contributed by atoms with Gasteiger partial charge in [-0.05, 0) is 29.7 Å². The van der Waals surface area contributed by atoms with Crippen LogP contribution in [0.3, 0.4) is 0 Å². The van der Waals surface area contributed by atoms with E-state index >= 15 is 0 Å². The van der Waals surface area contributed by atoms with Crippen LogP contribution in [-0.2, 0) is 22.6 Å². The summed E-state index contributed by atoms with van der Waals surface area (Å²) in [5.74, 6) is -0.178. The average molecular weight is 473 g/mol. The van der Waals surface area contributed by atoms with Crippen LogP contribution in [0, 0.1) is 0 Å². The number of H-pyrrole nitrogens is 1. The number of rotatable bonds is 3. The Balaban J connectivity index is 1.27. The van der Waals surface area contributed by atoms with E-state index in [1.54, 1.807) is 18.2 Å². The summed E-state index contributed by atoms with van der Waals surface area (Å²) >= 11 is 0. The van der Waals surface area contributed by atoms with Gasteiger partial charge in [0.1, 0.15) is 19.0 Å². The highest BCUT2D eigenvalue weighted by molar-refractivity contribution is 6.04. The second-order valence-electron chi connectivity index (χ2n) is 8.74. The highest BCUT2D eigenvalue weighted by Gasteiger charge is 2.35. The van der Waals surface area contributed by atoms with Crippen LogP contribution in [0.5, 0.6) is 11.5 Å². The van der Waals surface area contributed by atoms with Gasteiger partial charge in [0.15, 0.2) is 11.5 Å². The van der Waals surface area contributed by atoms with E-state index in [-0.39, 0.29) is 23.7 Å². The zero-order valence-corrected chi connectivity index (χ0v) is 18.8. The predicted octanol–water partition coefficient (Wildman–Crippen LogP) is 2.17. The zero-order valence-electron chi connectivity index (χ0n) is 18.8. The molecular formula is C25H23N5O5. The number of hydrogen-bond acceptors (Lipinski definition) is 7. The van der Waals surface area contributed by atoms with Crippen LogP contribution in [0.2, 0.25) is 0 Å². The van der Waals surface area contributed by atoms with Crippen LogP contribution in [0.15, 0.2) is 47.3 Å². The molecule has 2 amide bonds. The maximum absolute atomic E-state index is 13.2. The molecule has 0 aliphatic carbocycles. The van der Waals surface area contributed by atoms with Crippen LogP contribution >= 0.6 is 0 Å². The van der Waals surface area contributed by atoms with E-state index in [2.05, 4.69) is 32.7 Å². The second kappa shape index (κ2) is 8.46. The Bertz CT molecular complexity index is 1400. The molecule has 0 bridgehead atoms. The molecule has 35 heavy (non-hydrogen) atoms. The van der Waals surface area contributed by atoms with E-state index in [4.69, 9.17) is 9.47 Å². The van der Waals surface area contributed by atoms with Crippen LogP contribution in [-0.4, -0.2) is 41.5 Å². The number of benzene rings is 2. The van der Waals surface area contributed by atoms with Crippen molar-refractivity contribution in [2.45, 2.75) is 25.3 Å². The van der Waals surface area contributed by atoms with E-state index in [0.29, 0.717) is 49.4 Å². The minimum Gasteiger partial charge on any atom is -0.486 e. The van der Waals surface area contributed by atoms with Gasteiger partial charge in [-0.1, -0.05) is 24.3 Å². The van der Waals surface area contributed by atoms with Crippen LogP contribution in [0.25, 0.3) is 0 Å². The molecule has 10 nitrogen and oxygen atoms in total. The molecule has 1 aromatic heterocycles. The first-order valence-corrected chi connectivity index (χ1v) is 11.5. The molecule has 3 N–H and O–H groups in total. The summed E-state index contributed by atoms with van der Waals surface area (Å²) in [6, 6.07) is 13.2. The van der Waals surface area contributed by atoms with E-state index in [0.717, 1.165) is 6.42 Å². The molecule has 0 saturated heterocycles. The lowest BCUT2D eigenvalue weighted by molar-refractivity contribution is -0.123. The standard InChI is InChI=1S/C25H23N5O5/c31-20-12-17(23(32)26-16-5-6-18-19(11-16)35-10-9-34-18)21-22(27-20)28-25(29-24(21)33)30-8-7-14-3-1-2-4-15(14)13-30/h1-6,11,17H,7-10,12-13H2,(H,26,32)(H2,27,28,29,31,33). The third-order valence-corrected chi connectivity index (χ3v) is 6.49. The quantitative estimate of drug-likeness (QED) is 0.532. The van der Waals surface area contributed by atoms with E-state index in [1.165, 1.54) is 11.1 Å². The first-order valence-electron chi connectivity index (χ1n) is 11.5. The molecular weight excluding hydrogens is 450 g/mol. The molecule has 1 atom stereocenters. The lowest BCUT2D eigenvalue weighted by atomic mass is 9.92. The van der Waals surface area contributed by atoms with Crippen molar-refractivity contribution in [1.29, 1.82) is 0 Å². The lowest BCUT2D eigenvalue weighted by Gasteiger charge is -2.30. The Morgan fingerprint density at radius 3 is 2.71 bits per heavy atom. The van der Waals surface area contributed by atoms with Gasteiger partial charge in [0.25, 0.3) is 5.56 Å². The largest absolute Gasteiger partial charge is 0.486 e. The van der Waals surface area contributed by atoms with Crippen molar-refractivity contribution < 1.29 is 19.1 Å². The summed E-state index contributed by atoms with van der Waals surface area (Å²) in [4.78, 5) is 48.1. The van der Waals surface area contributed by atoms with E-state index < -0.39 is 17.4 Å². The predicted molar refractivity (Wildman–Crippen MR) is 128 cm³/mol. The van der Waals surface area contributed by atoms with Crippen molar-refractivity contribution in [3.05, 3.63) is 69.5 Å². The second-order valence-corrected chi connectivity index (χ2v) is 8.74. The van der Waals surface area contributed by atoms with Gasteiger partial charge in [-0.3, -0.25) is 19.4 Å². The fourth-order valence-corrected chi connectivity index (χ4v) is 4.76. The number of carbonyl (C=O) groups excluding carboxylic acids is 2. The number of hydrogen-bond donors (Lipinski definition) is 3. The molecule has 3 aliphatic rings. The summed E-state index contributed by atoms with van der Waals surface area (Å²) in [5.41, 5.74) is 2.64. The number of nitrogens with zero attached hydrogens (tertiary/aromatic N) is 2. The molecule has 1 unspecified atom stereocenters. The molecule has 0 fully saturated rings. The Morgan fingerprint density at radius 2 is 1.86 bits per heavy atom. The van der Waals surface area contributed by atoms with Gasteiger partial charge in [0.2, 0.25) is 17.8 Å². The Kier molecular flexibility index (Phi) is 5.13. The van der Waals surface area contributed by atoms with Crippen molar-refractivity contribution in [1.82, 2.24) is 9.97 Å². The number of nitrogens with one attached hydrogen (secondary N) is 3. The first kappa shape index (κ1) is 21.2. The number of ether oxygens (including phenoxy) is 2. The molecule has 0 spiro atoms. The molecule has 178 valence electrons. The lowest BCUT2D eigenvalue weighted by Crippen LogP contribution is -2.38. The smallest absolute Gasteiger partial charge is 0.258 e. The third-order valence-electron chi connectivity index (χ3n) is 6.49. The molecule has 6 rings (SSSR count). The average Bonchev–Trinajstić information content (AvgIpc) is 2.87. The first-order chi connectivity index (χ1) is 17.0. The number of fused-ring (bicyclic) bond motifs is 3. The topological polar surface area (TPSA) is 126 Å². The fraction of sp³-hybridized carbons (Fsp3) is 0.280. The van der Waals surface area contributed by atoms with Crippen LogP contribution < -0.4 is 30.6 Å². The molecule has 3 aliphatic heterocycles. The maximum atomic E-state index is 13.2. The number of amides is 2. The van der Waals surface area contributed by atoms with Gasteiger partial charge in [0.05, 0.1) is 11.5 Å². The summed E-state index contributed by atoms with van der Waals surface area (Å²) < 4.78 is 11.1. The Hall–Kier alpha value is -4.34. The molecule has 0 saturated carbocycles. The molecule has 2 aromatic carbocycles. The number of aromatic amines is 1. The summed E-state index contributed by atoms with van der Waals surface area (Å²) in [6.07, 6.45) is 0.675. The minimum atomic E-state index is -0.973. The summed E-state index contributed by atoms with van der Waals surface area (Å²) in [7, 11) is 0. The SMILES string of the molecule is O=C1CC(C(=O)Nc2ccc3c(c2)OCCO3)c2c(nc(N3CCc4ccccc4C3)[nH]c2=O)N1. The van der Waals surface area contributed by atoms with Gasteiger partial charge in [0, 0.05) is 31.3 Å². The molecule has 3 aromatic rings. The molecule has 10 heteroatoms. The highest BCUT2D eigenvalue weighted by atomic mass is 16.6. The van der Waals surface area contributed by atoms with E-state index in [9.17, 15) is 14.4 Å². The van der Waals surface area contributed by atoms with Gasteiger partial charge in [-0.25, -0.2) is 0 Å². The normalized spacial score (nSPS) is 18.2. The van der Waals surface area contributed by atoms with Crippen molar-refractivity contribution in [3.8, 4) is 11.5 Å². The monoisotopic (exact) mass is 473 g/mol. The van der Waals surface area contributed by atoms with Gasteiger partial charge in [-0.2, -0.15) is 4.98 Å². The molecule has 0 radical (unpaired) electrons. The van der Waals surface area contributed by atoms with Crippen molar-refractivity contribution in [2.75, 3.05) is 35.3 Å². The Morgan fingerprint density at radius 1 is 1.06 bits per heavy atom. The number of carbonyl (C=O) groups is 2.